The summed E-state index contributed by atoms with van der Waals surface area (Å²) in [5.41, 5.74) is 1.39. The van der Waals surface area contributed by atoms with Crippen molar-refractivity contribution in [3.05, 3.63) is 29.6 Å². The maximum Gasteiger partial charge on any atom is 0.191 e. The van der Waals surface area contributed by atoms with Crippen molar-refractivity contribution in [3.8, 4) is 0 Å². The number of benzene rings is 1. The fourth-order valence-electron chi connectivity index (χ4n) is 3.37. The molecule has 6 nitrogen and oxygen atoms in total. The van der Waals surface area contributed by atoms with Crippen molar-refractivity contribution in [1.82, 2.24) is 10.6 Å². The molecular formula is C19H30FIN4O2. The van der Waals surface area contributed by atoms with E-state index in [0.717, 1.165) is 38.1 Å². The van der Waals surface area contributed by atoms with Crippen LogP contribution < -0.4 is 15.5 Å². The number of ether oxygens (including phenoxy) is 2. The lowest BCUT2D eigenvalue weighted by molar-refractivity contribution is 0.0243. The Balaban J connectivity index is 0.00000261. The molecule has 2 saturated heterocycles. The number of halogens is 2. The number of guanidine groups is 1. The van der Waals surface area contributed by atoms with Crippen LogP contribution in [0.1, 0.15) is 25.3 Å². The summed E-state index contributed by atoms with van der Waals surface area (Å²) in [6.07, 6.45) is 2.14. The third-order valence-corrected chi connectivity index (χ3v) is 4.98. The molecule has 0 saturated carbocycles. The van der Waals surface area contributed by atoms with E-state index in [2.05, 4.69) is 22.5 Å². The number of rotatable bonds is 5. The Labute approximate surface area is 177 Å². The van der Waals surface area contributed by atoms with Crippen molar-refractivity contribution in [2.75, 3.05) is 51.4 Å². The van der Waals surface area contributed by atoms with Gasteiger partial charge in [-0.3, -0.25) is 4.99 Å². The first kappa shape index (κ1) is 22.2. The molecular weight excluding hydrogens is 462 g/mol. The highest BCUT2D eigenvalue weighted by Crippen LogP contribution is 2.24. The molecule has 1 unspecified atom stereocenters. The average Bonchev–Trinajstić information content (AvgIpc) is 3.09. The Hall–Kier alpha value is -1.13. The number of anilines is 1. The quantitative estimate of drug-likeness (QED) is 0.376. The largest absolute Gasteiger partial charge is 0.378 e. The zero-order valence-corrected chi connectivity index (χ0v) is 18.4. The summed E-state index contributed by atoms with van der Waals surface area (Å²) >= 11 is 0. The second-order valence-electron chi connectivity index (χ2n) is 7.07. The van der Waals surface area contributed by atoms with Crippen molar-refractivity contribution in [2.24, 2.45) is 4.99 Å². The summed E-state index contributed by atoms with van der Waals surface area (Å²) in [6.45, 7) is 6.89. The highest BCUT2D eigenvalue weighted by molar-refractivity contribution is 14.0. The van der Waals surface area contributed by atoms with E-state index in [9.17, 15) is 4.39 Å². The molecule has 0 amide bonds. The van der Waals surface area contributed by atoms with Gasteiger partial charge in [0.1, 0.15) is 5.82 Å². The van der Waals surface area contributed by atoms with Gasteiger partial charge in [0, 0.05) is 39.8 Å². The molecule has 0 spiro atoms. The monoisotopic (exact) mass is 492 g/mol. The molecule has 0 radical (unpaired) electrons. The molecule has 2 aliphatic heterocycles. The highest BCUT2D eigenvalue weighted by atomic mass is 127. The minimum absolute atomic E-state index is 0. The second kappa shape index (κ2) is 10.4. The Morgan fingerprint density at radius 2 is 2.04 bits per heavy atom. The maximum absolute atomic E-state index is 14.5. The van der Waals surface area contributed by atoms with Gasteiger partial charge in [-0.1, -0.05) is 6.07 Å². The molecule has 2 N–H and O–H groups in total. The van der Waals surface area contributed by atoms with Gasteiger partial charge >= 0.3 is 0 Å². The van der Waals surface area contributed by atoms with Gasteiger partial charge in [0.15, 0.2) is 5.96 Å². The Bertz CT molecular complexity index is 632. The zero-order chi connectivity index (χ0) is 18.4. The minimum atomic E-state index is -0.194. The summed E-state index contributed by atoms with van der Waals surface area (Å²) in [5.74, 6) is 0.500. The van der Waals surface area contributed by atoms with Gasteiger partial charge in [-0.05, 0) is 37.5 Å². The summed E-state index contributed by atoms with van der Waals surface area (Å²) < 4.78 is 25.6. The normalized spacial score (nSPS) is 23.1. The number of morpholine rings is 1. The number of hydrogen-bond acceptors (Lipinski definition) is 4. The van der Waals surface area contributed by atoms with Crippen LogP contribution in [0.3, 0.4) is 0 Å². The van der Waals surface area contributed by atoms with Crippen LogP contribution in [0.2, 0.25) is 0 Å². The van der Waals surface area contributed by atoms with Crippen LogP contribution in [0.5, 0.6) is 0 Å². The van der Waals surface area contributed by atoms with Crippen LogP contribution >= 0.6 is 24.0 Å². The molecule has 3 rings (SSSR count). The first-order chi connectivity index (χ1) is 12.6. The van der Waals surface area contributed by atoms with E-state index in [-0.39, 0.29) is 35.4 Å². The molecule has 27 heavy (non-hydrogen) atoms. The molecule has 0 aliphatic carbocycles. The summed E-state index contributed by atoms with van der Waals surface area (Å²) in [7, 11) is 1.73. The predicted molar refractivity (Wildman–Crippen MR) is 117 cm³/mol. The van der Waals surface area contributed by atoms with Gasteiger partial charge in [-0.2, -0.15) is 0 Å². The van der Waals surface area contributed by atoms with Gasteiger partial charge in [-0.25, -0.2) is 4.39 Å². The van der Waals surface area contributed by atoms with Crippen molar-refractivity contribution in [2.45, 2.75) is 31.9 Å². The fourth-order valence-corrected chi connectivity index (χ4v) is 3.37. The number of nitrogens with one attached hydrogen (secondary N) is 2. The van der Waals surface area contributed by atoms with Crippen LogP contribution in [0.15, 0.2) is 23.2 Å². The summed E-state index contributed by atoms with van der Waals surface area (Å²) in [4.78, 5) is 6.26. The fraction of sp³-hybridized carbons (Fsp3) is 0.632. The van der Waals surface area contributed by atoms with Gasteiger partial charge in [0.05, 0.1) is 24.5 Å². The van der Waals surface area contributed by atoms with Crippen molar-refractivity contribution >= 4 is 35.6 Å². The van der Waals surface area contributed by atoms with E-state index in [0.29, 0.717) is 38.0 Å². The van der Waals surface area contributed by atoms with Gasteiger partial charge in [-0.15, -0.1) is 24.0 Å². The maximum atomic E-state index is 14.5. The molecule has 0 aromatic heterocycles. The lowest BCUT2D eigenvalue weighted by Crippen LogP contribution is -2.45. The molecule has 1 atom stereocenters. The molecule has 2 fully saturated rings. The van der Waals surface area contributed by atoms with Crippen molar-refractivity contribution in [1.29, 1.82) is 0 Å². The standard InChI is InChI=1S/C19H29FN4O2.HI/c1-19(6-3-9-26-19)14-23-18(21-2)22-13-15-4-5-17(16(20)12-15)24-7-10-25-11-8-24;/h4-5,12H,3,6-11,13-14H2,1-2H3,(H2,21,22,23);1H. The van der Waals surface area contributed by atoms with E-state index >= 15 is 0 Å². The summed E-state index contributed by atoms with van der Waals surface area (Å²) in [6, 6.07) is 5.39. The van der Waals surface area contributed by atoms with Crippen molar-refractivity contribution in [3.63, 3.8) is 0 Å². The lowest BCUT2D eigenvalue weighted by atomic mass is 10.0. The molecule has 1 aromatic rings. The number of hydrogen-bond donors (Lipinski definition) is 2. The van der Waals surface area contributed by atoms with E-state index < -0.39 is 0 Å². The minimum Gasteiger partial charge on any atom is -0.378 e. The predicted octanol–water partition coefficient (Wildman–Crippen LogP) is 2.51. The van der Waals surface area contributed by atoms with Crippen molar-refractivity contribution < 1.29 is 13.9 Å². The smallest absolute Gasteiger partial charge is 0.191 e. The van der Waals surface area contributed by atoms with E-state index in [1.165, 1.54) is 0 Å². The van der Waals surface area contributed by atoms with Gasteiger partial charge in [0.25, 0.3) is 0 Å². The SMILES string of the molecule is CN=C(NCc1ccc(N2CCOCC2)c(F)c1)NCC1(C)CCCO1.I. The van der Waals surface area contributed by atoms with E-state index in [4.69, 9.17) is 9.47 Å². The Kier molecular flexibility index (Phi) is 8.56. The van der Waals surface area contributed by atoms with Crippen LogP contribution in [0.4, 0.5) is 10.1 Å². The lowest BCUT2D eigenvalue weighted by Gasteiger charge is -2.29. The second-order valence-corrected chi connectivity index (χ2v) is 7.07. The van der Waals surface area contributed by atoms with Gasteiger partial charge in [0.2, 0.25) is 0 Å². The van der Waals surface area contributed by atoms with E-state index in [1.807, 2.05) is 17.0 Å². The highest BCUT2D eigenvalue weighted by Gasteiger charge is 2.29. The zero-order valence-electron chi connectivity index (χ0n) is 16.1. The van der Waals surface area contributed by atoms with Crippen LogP contribution in [-0.2, 0) is 16.0 Å². The molecule has 1 aromatic carbocycles. The molecule has 2 aliphatic rings. The molecule has 8 heteroatoms. The first-order valence-electron chi connectivity index (χ1n) is 9.29. The van der Waals surface area contributed by atoms with E-state index in [1.54, 1.807) is 13.1 Å². The number of aliphatic imine (C=N–C) groups is 1. The van der Waals surface area contributed by atoms with Crippen LogP contribution in [0.25, 0.3) is 0 Å². The Morgan fingerprint density at radius 1 is 1.26 bits per heavy atom. The third kappa shape index (κ3) is 6.18. The van der Waals surface area contributed by atoms with Crippen LogP contribution in [0, 0.1) is 5.82 Å². The first-order valence-corrected chi connectivity index (χ1v) is 9.29. The molecule has 2 heterocycles. The number of nitrogens with zero attached hydrogens (tertiary/aromatic N) is 2. The Morgan fingerprint density at radius 3 is 2.67 bits per heavy atom. The topological polar surface area (TPSA) is 58.1 Å². The van der Waals surface area contributed by atoms with Gasteiger partial charge < -0.3 is 25.0 Å². The summed E-state index contributed by atoms with van der Waals surface area (Å²) in [5, 5.41) is 6.53. The average molecular weight is 492 g/mol. The van der Waals surface area contributed by atoms with Crippen LogP contribution in [-0.4, -0.2) is 58.1 Å². The third-order valence-electron chi connectivity index (χ3n) is 4.98. The molecule has 0 bridgehead atoms. The molecule has 152 valence electrons.